The van der Waals surface area contributed by atoms with Crippen LogP contribution in [0, 0.1) is 0 Å². The average Bonchev–Trinajstić information content (AvgIpc) is 2.61. The standard InChI is InChI=1S/C19H22N4O2/c1-14(2)9-11-21-19(25)22-12-15-5-7-17(8-6-15)23-18(24)16-4-3-10-20-13-16/h3-10,13H,11-12H2,1-2H3,(H,23,24)(H2,21,22,25). The Hall–Kier alpha value is -3.15. The quantitative estimate of drug-likeness (QED) is 0.708. The molecule has 0 unspecified atom stereocenters. The molecule has 0 aliphatic rings. The van der Waals surface area contributed by atoms with Gasteiger partial charge < -0.3 is 16.0 Å². The van der Waals surface area contributed by atoms with Crippen molar-refractivity contribution in [2.75, 3.05) is 11.9 Å². The number of hydrogen-bond donors (Lipinski definition) is 3. The minimum atomic E-state index is -0.216. The fourth-order valence-corrected chi connectivity index (χ4v) is 2.00. The number of anilines is 1. The normalized spacial score (nSPS) is 9.84. The summed E-state index contributed by atoms with van der Waals surface area (Å²) in [7, 11) is 0. The zero-order valence-corrected chi connectivity index (χ0v) is 14.4. The lowest BCUT2D eigenvalue weighted by Crippen LogP contribution is -2.35. The van der Waals surface area contributed by atoms with Gasteiger partial charge in [-0.15, -0.1) is 0 Å². The Morgan fingerprint density at radius 1 is 1.08 bits per heavy atom. The van der Waals surface area contributed by atoms with Gasteiger partial charge in [0, 0.05) is 31.2 Å². The Bertz CT molecular complexity index is 736. The van der Waals surface area contributed by atoms with Crippen LogP contribution >= 0.6 is 0 Å². The zero-order chi connectivity index (χ0) is 18.1. The van der Waals surface area contributed by atoms with E-state index in [1.54, 1.807) is 30.5 Å². The van der Waals surface area contributed by atoms with Gasteiger partial charge in [0.15, 0.2) is 0 Å². The number of allylic oxidation sites excluding steroid dienone is 1. The van der Waals surface area contributed by atoms with Crippen LogP contribution in [0.1, 0.15) is 29.8 Å². The van der Waals surface area contributed by atoms with Crippen molar-refractivity contribution in [3.05, 3.63) is 71.6 Å². The number of hydrogen-bond acceptors (Lipinski definition) is 3. The van der Waals surface area contributed by atoms with Gasteiger partial charge >= 0.3 is 6.03 Å². The first kappa shape index (κ1) is 18.2. The second-order valence-corrected chi connectivity index (χ2v) is 5.74. The summed E-state index contributed by atoms with van der Waals surface area (Å²) >= 11 is 0. The predicted octanol–water partition coefficient (Wildman–Crippen LogP) is 3.10. The van der Waals surface area contributed by atoms with Crippen LogP contribution in [0.25, 0.3) is 0 Å². The van der Waals surface area contributed by atoms with Crippen molar-refractivity contribution in [2.45, 2.75) is 20.4 Å². The van der Waals surface area contributed by atoms with E-state index in [2.05, 4.69) is 20.9 Å². The molecule has 1 heterocycles. The molecule has 3 N–H and O–H groups in total. The maximum atomic E-state index is 12.0. The molecule has 0 atom stereocenters. The Balaban J connectivity index is 1.80. The number of rotatable bonds is 6. The lowest BCUT2D eigenvalue weighted by Gasteiger charge is -2.08. The zero-order valence-electron chi connectivity index (χ0n) is 14.4. The van der Waals surface area contributed by atoms with E-state index in [0.29, 0.717) is 24.3 Å². The fourth-order valence-electron chi connectivity index (χ4n) is 2.00. The molecule has 0 saturated heterocycles. The number of benzene rings is 1. The number of nitrogens with one attached hydrogen (secondary N) is 3. The van der Waals surface area contributed by atoms with E-state index in [4.69, 9.17) is 0 Å². The van der Waals surface area contributed by atoms with E-state index in [0.717, 1.165) is 11.1 Å². The van der Waals surface area contributed by atoms with Gasteiger partial charge in [-0.2, -0.15) is 0 Å². The highest BCUT2D eigenvalue weighted by molar-refractivity contribution is 6.03. The number of carbonyl (C=O) groups excluding carboxylic acids is 2. The molecular formula is C19H22N4O2. The summed E-state index contributed by atoms with van der Waals surface area (Å²) in [4.78, 5) is 27.6. The molecule has 6 heteroatoms. The van der Waals surface area contributed by atoms with Crippen LogP contribution < -0.4 is 16.0 Å². The molecule has 0 aliphatic carbocycles. The highest BCUT2D eigenvalue weighted by Gasteiger charge is 2.05. The van der Waals surface area contributed by atoms with E-state index in [-0.39, 0.29) is 11.9 Å². The van der Waals surface area contributed by atoms with Gasteiger partial charge in [0.1, 0.15) is 0 Å². The molecule has 0 aliphatic heterocycles. The van der Waals surface area contributed by atoms with E-state index in [1.807, 2.05) is 32.1 Å². The molecule has 25 heavy (non-hydrogen) atoms. The van der Waals surface area contributed by atoms with Gasteiger partial charge in [0.25, 0.3) is 5.91 Å². The number of nitrogens with zero attached hydrogens (tertiary/aromatic N) is 1. The third-order valence-electron chi connectivity index (χ3n) is 3.36. The minimum Gasteiger partial charge on any atom is -0.335 e. The smallest absolute Gasteiger partial charge is 0.315 e. The first-order chi connectivity index (χ1) is 12.0. The summed E-state index contributed by atoms with van der Waals surface area (Å²) in [6.07, 6.45) is 5.08. The van der Waals surface area contributed by atoms with E-state index >= 15 is 0 Å². The van der Waals surface area contributed by atoms with Crippen LogP contribution in [-0.4, -0.2) is 23.5 Å². The largest absolute Gasteiger partial charge is 0.335 e. The number of urea groups is 1. The first-order valence-electron chi connectivity index (χ1n) is 8.00. The van der Waals surface area contributed by atoms with Gasteiger partial charge in [0.2, 0.25) is 0 Å². The molecule has 0 fully saturated rings. The van der Waals surface area contributed by atoms with E-state index in [9.17, 15) is 9.59 Å². The van der Waals surface area contributed by atoms with E-state index < -0.39 is 0 Å². The lowest BCUT2D eigenvalue weighted by molar-refractivity contribution is 0.102. The molecule has 0 radical (unpaired) electrons. The predicted molar refractivity (Wildman–Crippen MR) is 98.3 cm³/mol. The first-order valence-corrected chi connectivity index (χ1v) is 8.00. The molecule has 0 spiro atoms. The monoisotopic (exact) mass is 338 g/mol. The highest BCUT2D eigenvalue weighted by atomic mass is 16.2. The number of carbonyl (C=O) groups is 2. The summed E-state index contributed by atoms with van der Waals surface area (Å²) in [5, 5.41) is 8.34. The van der Waals surface area contributed by atoms with Crippen molar-refractivity contribution in [1.82, 2.24) is 15.6 Å². The van der Waals surface area contributed by atoms with Crippen LogP contribution in [0.4, 0.5) is 10.5 Å². The molecule has 6 nitrogen and oxygen atoms in total. The molecule has 2 aromatic rings. The van der Waals surface area contributed by atoms with Crippen LogP contribution in [0.2, 0.25) is 0 Å². The van der Waals surface area contributed by atoms with Gasteiger partial charge in [-0.05, 0) is 43.7 Å². The Kier molecular flexibility index (Phi) is 6.71. The Labute approximate surface area is 147 Å². The second kappa shape index (κ2) is 9.22. The second-order valence-electron chi connectivity index (χ2n) is 5.74. The van der Waals surface area contributed by atoms with Crippen LogP contribution in [0.15, 0.2) is 60.4 Å². The van der Waals surface area contributed by atoms with Crippen LogP contribution in [0.3, 0.4) is 0 Å². The van der Waals surface area contributed by atoms with Gasteiger partial charge in [-0.25, -0.2) is 4.79 Å². The van der Waals surface area contributed by atoms with Crippen molar-refractivity contribution < 1.29 is 9.59 Å². The summed E-state index contributed by atoms with van der Waals surface area (Å²) in [6, 6.07) is 10.5. The van der Waals surface area contributed by atoms with Crippen LogP contribution in [-0.2, 0) is 6.54 Å². The summed E-state index contributed by atoms with van der Waals surface area (Å²) in [5.74, 6) is -0.211. The maximum absolute atomic E-state index is 12.0. The third-order valence-corrected chi connectivity index (χ3v) is 3.36. The molecule has 2 rings (SSSR count). The molecule has 1 aromatic heterocycles. The van der Waals surface area contributed by atoms with Crippen molar-refractivity contribution in [1.29, 1.82) is 0 Å². The van der Waals surface area contributed by atoms with Crippen LogP contribution in [0.5, 0.6) is 0 Å². The van der Waals surface area contributed by atoms with Crippen molar-refractivity contribution in [2.24, 2.45) is 0 Å². The molecule has 0 bridgehead atoms. The fraction of sp³-hybridized carbons (Fsp3) is 0.211. The number of pyridine rings is 1. The topological polar surface area (TPSA) is 83.1 Å². The van der Waals surface area contributed by atoms with Crippen molar-refractivity contribution in [3.63, 3.8) is 0 Å². The number of amides is 3. The third kappa shape index (κ3) is 6.47. The Morgan fingerprint density at radius 3 is 2.48 bits per heavy atom. The lowest BCUT2D eigenvalue weighted by atomic mass is 10.2. The molecule has 1 aromatic carbocycles. The highest BCUT2D eigenvalue weighted by Crippen LogP contribution is 2.11. The summed E-state index contributed by atoms with van der Waals surface area (Å²) in [6.45, 7) is 4.88. The average molecular weight is 338 g/mol. The molecule has 130 valence electrons. The van der Waals surface area contributed by atoms with Gasteiger partial charge in [-0.1, -0.05) is 23.8 Å². The number of aromatic nitrogens is 1. The molecule has 0 saturated carbocycles. The molecule has 3 amide bonds. The summed E-state index contributed by atoms with van der Waals surface area (Å²) < 4.78 is 0. The summed E-state index contributed by atoms with van der Waals surface area (Å²) in [5.41, 5.74) is 3.29. The van der Waals surface area contributed by atoms with Gasteiger partial charge in [-0.3, -0.25) is 9.78 Å². The van der Waals surface area contributed by atoms with Crippen molar-refractivity contribution >= 4 is 17.6 Å². The van der Waals surface area contributed by atoms with Crippen molar-refractivity contribution in [3.8, 4) is 0 Å². The minimum absolute atomic E-state index is 0.211. The SMILES string of the molecule is CC(C)=CCNC(=O)NCc1ccc(NC(=O)c2cccnc2)cc1. The Morgan fingerprint density at radius 2 is 1.84 bits per heavy atom. The van der Waals surface area contributed by atoms with Gasteiger partial charge in [0.05, 0.1) is 5.56 Å². The maximum Gasteiger partial charge on any atom is 0.315 e. The molecular weight excluding hydrogens is 316 g/mol. The van der Waals surface area contributed by atoms with E-state index in [1.165, 1.54) is 6.20 Å².